The highest BCUT2D eigenvalue weighted by Gasteiger charge is 2.14. The van der Waals surface area contributed by atoms with Gasteiger partial charge in [-0.15, -0.1) is 0 Å². The third-order valence-electron chi connectivity index (χ3n) is 2.60. The number of thiazole rings is 1. The molecule has 96 valence electrons. The number of benzene rings is 1. The summed E-state index contributed by atoms with van der Waals surface area (Å²) in [6.07, 6.45) is 0. The lowest BCUT2D eigenvalue weighted by molar-refractivity contribution is 0.0701. The van der Waals surface area contributed by atoms with E-state index in [9.17, 15) is 4.79 Å². The Morgan fingerprint density at radius 2 is 2.21 bits per heavy atom. The first-order valence-corrected chi connectivity index (χ1v) is 6.31. The normalized spacial score (nSPS) is 9.95. The van der Waals surface area contributed by atoms with Crippen molar-refractivity contribution >= 4 is 28.1 Å². The first-order chi connectivity index (χ1) is 9.01. The van der Waals surface area contributed by atoms with E-state index in [4.69, 9.17) is 10.4 Å². The number of carboxylic acid groups (broad SMARTS) is 1. The maximum absolute atomic E-state index is 11.0. The first-order valence-electron chi connectivity index (χ1n) is 5.49. The Labute approximate surface area is 114 Å². The molecule has 6 heteroatoms. The number of nitrogens with zero attached hydrogens (tertiary/aromatic N) is 2. The van der Waals surface area contributed by atoms with Crippen molar-refractivity contribution in [3.05, 3.63) is 39.9 Å². The maximum atomic E-state index is 11.0. The van der Waals surface area contributed by atoms with E-state index >= 15 is 0 Å². The van der Waals surface area contributed by atoms with Crippen LogP contribution in [0.2, 0.25) is 0 Å². The Bertz CT molecular complexity index is 686. The van der Waals surface area contributed by atoms with Gasteiger partial charge in [0, 0.05) is 5.69 Å². The van der Waals surface area contributed by atoms with Gasteiger partial charge in [-0.1, -0.05) is 17.4 Å². The van der Waals surface area contributed by atoms with Crippen molar-refractivity contribution in [2.45, 2.75) is 13.8 Å². The second-order valence-corrected chi connectivity index (χ2v) is 5.00. The predicted molar refractivity (Wildman–Crippen MR) is 73.0 cm³/mol. The molecule has 0 bridgehead atoms. The fourth-order valence-electron chi connectivity index (χ4n) is 1.59. The average Bonchev–Trinajstić information content (AvgIpc) is 2.73. The fraction of sp³-hybridized carbons (Fsp3) is 0.154. The zero-order valence-corrected chi connectivity index (χ0v) is 11.2. The second kappa shape index (κ2) is 5.08. The standard InChI is InChI=1S/C13H11N3O2S/c1-7-3-4-9(6-14)5-10(7)16-13-15-8(2)11(19-13)12(17)18/h3-5H,1-2H3,(H,15,16)(H,17,18). The van der Waals surface area contributed by atoms with Crippen molar-refractivity contribution in [1.29, 1.82) is 5.26 Å². The number of aromatic carboxylic acids is 1. The Balaban J connectivity index is 2.34. The number of hydrogen-bond donors (Lipinski definition) is 2. The van der Waals surface area contributed by atoms with E-state index in [1.54, 1.807) is 19.1 Å². The number of carbonyl (C=O) groups is 1. The Kier molecular flexibility index (Phi) is 3.49. The predicted octanol–water partition coefficient (Wildman–Crippen LogP) is 3.07. The molecule has 0 amide bonds. The molecule has 2 rings (SSSR count). The smallest absolute Gasteiger partial charge is 0.347 e. The Morgan fingerprint density at radius 3 is 2.79 bits per heavy atom. The summed E-state index contributed by atoms with van der Waals surface area (Å²) in [6.45, 7) is 3.56. The fourth-order valence-corrected chi connectivity index (χ4v) is 2.41. The molecule has 0 aliphatic rings. The maximum Gasteiger partial charge on any atom is 0.347 e. The molecule has 0 unspecified atom stereocenters. The zero-order valence-electron chi connectivity index (χ0n) is 10.4. The molecule has 1 heterocycles. The zero-order chi connectivity index (χ0) is 14.0. The molecule has 0 atom stereocenters. The van der Waals surface area contributed by atoms with Crippen LogP contribution in [0.25, 0.3) is 0 Å². The first kappa shape index (κ1) is 13.1. The number of aryl methyl sites for hydroxylation is 2. The number of nitriles is 1. The average molecular weight is 273 g/mol. The molecule has 0 saturated carbocycles. The molecule has 5 nitrogen and oxygen atoms in total. The van der Waals surface area contributed by atoms with Crippen molar-refractivity contribution in [2.75, 3.05) is 5.32 Å². The van der Waals surface area contributed by atoms with E-state index < -0.39 is 5.97 Å². The third kappa shape index (κ3) is 2.72. The quantitative estimate of drug-likeness (QED) is 0.897. The van der Waals surface area contributed by atoms with Gasteiger partial charge in [0.05, 0.1) is 17.3 Å². The number of hydrogen-bond acceptors (Lipinski definition) is 5. The summed E-state index contributed by atoms with van der Waals surface area (Å²) in [7, 11) is 0. The summed E-state index contributed by atoms with van der Waals surface area (Å²) in [5.74, 6) is -0.981. The molecular weight excluding hydrogens is 262 g/mol. The van der Waals surface area contributed by atoms with Crippen LogP contribution in [0.4, 0.5) is 10.8 Å². The number of anilines is 2. The summed E-state index contributed by atoms with van der Waals surface area (Å²) in [5, 5.41) is 21.4. The highest BCUT2D eigenvalue weighted by atomic mass is 32.1. The third-order valence-corrected chi connectivity index (χ3v) is 3.66. The van der Waals surface area contributed by atoms with Gasteiger partial charge in [0.25, 0.3) is 0 Å². The monoisotopic (exact) mass is 273 g/mol. The van der Waals surface area contributed by atoms with E-state index in [0.717, 1.165) is 22.6 Å². The van der Waals surface area contributed by atoms with Gasteiger partial charge in [-0.05, 0) is 31.5 Å². The summed E-state index contributed by atoms with van der Waals surface area (Å²) < 4.78 is 0. The highest BCUT2D eigenvalue weighted by Crippen LogP contribution is 2.27. The van der Waals surface area contributed by atoms with Crippen LogP contribution < -0.4 is 5.32 Å². The minimum absolute atomic E-state index is 0.219. The van der Waals surface area contributed by atoms with Gasteiger partial charge in [-0.2, -0.15) is 5.26 Å². The van der Waals surface area contributed by atoms with Crippen LogP contribution >= 0.6 is 11.3 Å². The van der Waals surface area contributed by atoms with Gasteiger partial charge in [0.15, 0.2) is 5.13 Å². The summed E-state index contributed by atoms with van der Waals surface area (Å²) in [5.41, 5.74) is 2.74. The largest absolute Gasteiger partial charge is 0.477 e. The minimum atomic E-state index is -0.981. The molecule has 0 saturated heterocycles. The lowest BCUT2D eigenvalue weighted by atomic mass is 10.1. The number of rotatable bonds is 3. The van der Waals surface area contributed by atoms with E-state index in [0.29, 0.717) is 16.4 Å². The van der Waals surface area contributed by atoms with Crippen molar-refractivity contribution in [2.24, 2.45) is 0 Å². The van der Waals surface area contributed by atoms with Crippen molar-refractivity contribution in [3.8, 4) is 6.07 Å². The van der Waals surface area contributed by atoms with Gasteiger partial charge in [0.2, 0.25) is 0 Å². The number of nitrogens with one attached hydrogen (secondary N) is 1. The van der Waals surface area contributed by atoms with E-state index in [-0.39, 0.29) is 4.88 Å². The Morgan fingerprint density at radius 1 is 1.47 bits per heavy atom. The SMILES string of the molecule is Cc1ccc(C#N)cc1Nc1nc(C)c(C(=O)O)s1. The van der Waals surface area contributed by atoms with Crippen molar-refractivity contribution in [3.63, 3.8) is 0 Å². The molecule has 1 aromatic heterocycles. The molecule has 0 aliphatic heterocycles. The van der Waals surface area contributed by atoms with Gasteiger partial charge in [-0.25, -0.2) is 9.78 Å². The van der Waals surface area contributed by atoms with Crippen LogP contribution in [0.5, 0.6) is 0 Å². The van der Waals surface area contributed by atoms with E-state index in [2.05, 4.69) is 16.4 Å². The topological polar surface area (TPSA) is 86.0 Å². The van der Waals surface area contributed by atoms with Gasteiger partial charge in [-0.3, -0.25) is 0 Å². The Hall–Kier alpha value is -2.39. The van der Waals surface area contributed by atoms with Crippen LogP contribution in [0.1, 0.15) is 26.5 Å². The molecule has 0 radical (unpaired) electrons. The van der Waals surface area contributed by atoms with Crippen LogP contribution in [0.3, 0.4) is 0 Å². The van der Waals surface area contributed by atoms with Crippen LogP contribution in [0, 0.1) is 25.2 Å². The van der Waals surface area contributed by atoms with Crippen LogP contribution in [0.15, 0.2) is 18.2 Å². The minimum Gasteiger partial charge on any atom is -0.477 e. The lowest BCUT2D eigenvalue weighted by Gasteiger charge is -2.06. The van der Waals surface area contributed by atoms with Crippen LogP contribution in [-0.2, 0) is 0 Å². The molecule has 2 aromatic rings. The molecule has 19 heavy (non-hydrogen) atoms. The summed E-state index contributed by atoms with van der Waals surface area (Å²) >= 11 is 1.08. The van der Waals surface area contributed by atoms with E-state index in [1.165, 1.54) is 0 Å². The van der Waals surface area contributed by atoms with Crippen molar-refractivity contribution in [1.82, 2.24) is 4.98 Å². The van der Waals surface area contributed by atoms with Gasteiger partial charge >= 0.3 is 5.97 Å². The molecule has 0 spiro atoms. The lowest BCUT2D eigenvalue weighted by Crippen LogP contribution is -1.94. The van der Waals surface area contributed by atoms with Crippen molar-refractivity contribution < 1.29 is 9.90 Å². The van der Waals surface area contributed by atoms with Gasteiger partial charge < -0.3 is 10.4 Å². The summed E-state index contributed by atoms with van der Waals surface area (Å²) in [6, 6.07) is 7.34. The number of aromatic nitrogens is 1. The van der Waals surface area contributed by atoms with E-state index in [1.807, 2.05) is 13.0 Å². The molecular formula is C13H11N3O2S. The highest BCUT2D eigenvalue weighted by molar-refractivity contribution is 7.17. The molecule has 0 fully saturated rings. The molecule has 2 N–H and O–H groups in total. The number of carboxylic acids is 1. The summed E-state index contributed by atoms with van der Waals surface area (Å²) in [4.78, 5) is 15.3. The van der Waals surface area contributed by atoms with Crippen LogP contribution in [-0.4, -0.2) is 16.1 Å². The second-order valence-electron chi connectivity index (χ2n) is 4.01. The molecule has 0 aliphatic carbocycles. The molecule has 1 aromatic carbocycles. The van der Waals surface area contributed by atoms with Gasteiger partial charge in [0.1, 0.15) is 4.88 Å².